The molecule has 0 aromatic heterocycles. The lowest BCUT2D eigenvalue weighted by atomic mass is 10.0. The van der Waals surface area contributed by atoms with E-state index in [0.29, 0.717) is 25.9 Å². The number of nitrogens with one attached hydrogen (secondary N) is 1. The van der Waals surface area contributed by atoms with Crippen LogP contribution in [0.25, 0.3) is 0 Å². The van der Waals surface area contributed by atoms with Gasteiger partial charge in [0.1, 0.15) is 0 Å². The van der Waals surface area contributed by atoms with Gasteiger partial charge >= 0.3 is 5.97 Å². The Morgan fingerprint density at radius 2 is 0.588 bits per heavy atom. The molecule has 80 heavy (non-hydrogen) atoms. The van der Waals surface area contributed by atoms with Gasteiger partial charge in [0.25, 0.3) is 0 Å². The summed E-state index contributed by atoms with van der Waals surface area (Å²) in [5.41, 5.74) is 0. The summed E-state index contributed by atoms with van der Waals surface area (Å²) in [6, 6.07) is -0.543. The van der Waals surface area contributed by atoms with Crippen molar-refractivity contribution in [2.24, 2.45) is 0 Å². The predicted molar refractivity (Wildman–Crippen MR) is 352 cm³/mol. The first-order chi connectivity index (χ1) is 39.5. The lowest BCUT2D eigenvalue weighted by Crippen LogP contribution is -2.45. The number of ether oxygens (including phenoxy) is 1. The number of hydrogen-bond acceptors (Lipinski definition) is 5. The molecule has 0 aliphatic heterocycles. The quantitative estimate of drug-likeness (QED) is 0.0320. The summed E-state index contributed by atoms with van der Waals surface area (Å²) in [6.07, 6.45) is 87.0. The zero-order valence-electron chi connectivity index (χ0n) is 54.6. The third-order valence-corrected chi connectivity index (χ3v) is 17.6. The van der Waals surface area contributed by atoms with Crippen LogP contribution in [0.3, 0.4) is 0 Å². The second kappa shape index (κ2) is 70.1. The number of rotatable bonds is 70. The number of carbonyl (C=O) groups excluding carboxylic acids is 2. The number of aliphatic hydroxyl groups excluding tert-OH is 2. The number of amides is 1. The van der Waals surface area contributed by atoms with E-state index in [1.165, 1.54) is 353 Å². The maximum atomic E-state index is 12.6. The molecule has 6 nitrogen and oxygen atoms in total. The Bertz CT molecular complexity index is 1210. The van der Waals surface area contributed by atoms with Crippen LogP contribution in [0, 0.1) is 0 Å². The maximum Gasteiger partial charge on any atom is 0.305 e. The van der Waals surface area contributed by atoms with Crippen molar-refractivity contribution < 1.29 is 24.5 Å². The van der Waals surface area contributed by atoms with Gasteiger partial charge in [-0.3, -0.25) is 9.59 Å². The fourth-order valence-corrected chi connectivity index (χ4v) is 11.9. The third kappa shape index (κ3) is 65.7. The first-order valence-corrected chi connectivity index (χ1v) is 36.9. The maximum absolute atomic E-state index is 12.6. The van der Waals surface area contributed by atoms with Gasteiger partial charge in [0, 0.05) is 12.8 Å². The molecule has 0 aliphatic rings. The molecule has 0 saturated carbocycles. The summed E-state index contributed by atoms with van der Waals surface area (Å²) >= 11 is 0. The minimum atomic E-state index is -0.665. The van der Waals surface area contributed by atoms with Crippen molar-refractivity contribution in [1.82, 2.24) is 5.32 Å². The van der Waals surface area contributed by atoms with E-state index in [0.717, 1.165) is 38.5 Å². The Balaban J connectivity index is 3.37. The molecule has 1 amide bonds. The van der Waals surface area contributed by atoms with E-state index in [1.54, 1.807) is 0 Å². The fraction of sp³-hybridized carbons (Fsp3) is 0.946. The molecule has 0 aliphatic carbocycles. The van der Waals surface area contributed by atoms with Gasteiger partial charge < -0.3 is 20.3 Å². The van der Waals surface area contributed by atoms with Crippen molar-refractivity contribution in [2.45, 2.75) is 437 Å². The van der Waals surface area contributed by atoms with Crippen LogP contribution >= 0.6 is 0 Å². The lowest BCUT2D eigenvalue weighted by molar-refractivity contribution is -0.143. The molecule has 0 aromatic carbocycles. The van der Waals surface area contributed by atoms with Gasteiger partial charge in [0.05, 0.1) is 25.4 Å². The molecule has 0 rings (SSSR count). The molecular formula is C74H145NO5. The average molecular weight is 1130 g/mol. The average Bonchev–Trinajstić information content (AvgIpc) is 3.46. The summed E-state index contributed by atoms with van der Waals surface area (Å²) in [7, 11) is 0. The minimum absolute atomic E-state index is 0.0186. The Labute approximate surface area is 501 Å². The van der Waals surface area contributed by atoms with Crippen molar-refractivity contribution in [2.75, 3.05) is 13.2 Å². The van der Waals surface area contributed by atoms with E-state index in [4.69, 9.17) is 4.74 Å². The Hall–Kier alpha value is -1.40. The van der Waals surface area contributed by atoms with Gasteiger partial charge in [-0.1, -0.05) is 373 Å². The number of unbranched alkanes of at least 4 members (excludes halogenated alkanes) is 57. The van der Waals surface area contributed by atoms with Gasteiger partial charge in [0.2, 0.25) is 5.91 Å². The highest BCUT2D eigenvalue weighted by atomic mass is 16.5. The molecule has 2 unspecified atom stereocenters. The molecule has 0 fully saturated rings. The number of carbonyl (C=O) groups is 2. The fourth-order valence-electron chi connectivity index (χ4n) is 11.9. The van der Waals surface area contributed by atoms with Crippen LogP contribution in [0.5, 0.6) is 0 Å². The molecule has 0 spiro atoms. The number of aliphatic hydroxyl groups is 2. The molecule has 0 saturated heterocycles. The van der Waals surface area contributed by atoms with Crippen LogP contribution < -0.4 is 5.32 Å². The van der Waals surface area contributed by atoms with Gasteiger partial charge in [-0.15, -0.1) is 0 Å². The standard InChI is InChI=1S/C74H145NO5/c1-3-5-7-9-11-13-15-17-19-20-21-22-30-33-36-39-42-46-50-54-58-62-66-72(77)71(70-76)75-73(78)67-63-59-55-51-47-43-40-37-34-31-28-26-24-23-25-27-29-32-35-38-41-45-49-53-57-61-65-69-80-74(79)68-64-60-56-52-48-44-18-16-14-12-10-8-6-4-2/h23-24,71-72,76-77H,3-22,25-70H2,1-2H3,(H,75,78)/b24-23-. The smallest absolute Gasteiger partial charge is 0.305 e. The van der Waals surface area contributed by atoms with Crippen LogP contribution in [-0.4, -0.2) is 47.4 Å². The van der Waals surface area contributed by atoms with Crippen molar-refractivity contribution >= 4 is 11.9 Å². The second-order valence-electron chi connectivity index (χ2n) is 25.6. The first kappa shape index (κ1) is 78.6. The highest BCUT2D eigenvalue weighted by Gasteiger charge is 2.20. The van der Waals surface area contributed by atoms with E-state index < -0.39 is 12.1 Å². The Morgan fingerprint density at radius 3 is 0.887 bits per heavy atom. The van der Waals surface area contributed by atoms with Gasteiger partial charge in [0.15, 0.2) is 0 Å². The normalized spacial score (nSPS) is 12.5. The molecule has 0 heterocycles. The highest BCUT2D eigenvalue weighted by Crippen LogP contribution is 2.19. The SMILES string of the molecule is CCCCCCCCCCCCCCCCCCCCCCCCC(O)C(CO)NC(=O)CCCCCCCCCCCCC/C=C\CCCCCCCCCCCCCCOC(=O)CCCCCCCCCCCCCCCC. The van der Waals surface area contributed by atoms with Crippen LogP contribution in [0.2, 0.25) is 0 Å². The molecule has 3 N–H and O–H groups in total. The molecule has 0 aromatic rings. The minimum Gasteiger partial charge on any atom is -0.466 e. The van der Waals surface area contributed by atoms with E-state index in [9.17, 15) is 19.8 Å². The van der Waals surface area contributed by atoms with Crippen molar-refractivity contribution in [3.63, 3.8) is 0 Å². The largest absolute Gasteiger partial charge is 0.466 e. The topological polar surface area (TPSA) is 95.9 Å². The molecule has 0 bridgehead atoms. The zero-order valence-corrected chi connectivity index (χ0v) is 54.6. The highest BCUT2D eigenvalue weighted by molar-refractivity contribution is 5.76. The molecule has 6 heteroatoms. The second-order valence-corrected chi connectivity index (χ2v) is 25.6. The first-order valence-electron chi connectivity index (χ1n) is 36.9. The number of esters is 1. The third-order valence-electron chi connectivity index (χ3n) is 17.6. The number of allylic oxidation sites excluding steroid dienone is 2. The van der Waals surface area contributed by atoms with Crippen LogP contribution in [0.1, 0.15) is 425 Å². The lowest BCUT2D eigenvalue weighted by Gasteiger charge is -2.22. The number of hydrogen-bond donors (Lipinski definition) is 3. The summed E-state index contributed by atoms with van der Waals surface area (Å²) in [6.45, 7) is 5.00. The molecule has 476 valence electrons. The summed E-state index contributed by atoms with van der Waals surface area (Å²) in [5, 5.41) is 23.4. The molecular weight excluding hydrogens is 983 g/mol. The van der Waals surface area contributed by atoms with Crippen molar-refractivity contribution in [1.29, 1.82) is 0 Å². The van der Waals surface area contributed by atoms with Crippen LogP contribution in [-0.2, 0) is 14.3 Å². The van der Waals surface area contributed by atoms with E-state index in [1.807, 2.05) is 0 Å². The summed E-state index contributed by atoms with van der Waals surface area (Å²) < 4.78 is 5.49. The zero-order chi connectivity index (χ0) is 57.8. The van der Waals surface area contributed by atoms with E-state index in [-0.39, 0.29) is 18.5 Å². The van der Waals surface area contributed by atoms with Crippen molar-refractivity contribution in [3.05, 3.63) is 12.2 Å². The summed E-state index contributed by atoms with van der Waals surface area (Å²) in [4.78, 5) is 24.6. The van der Waals surface area contributed by atoms with Crippen LogP contribution in [0.4, 0.5) is 0 Å². The molecule has 0 radical (unpaired) electrons. The molecule has 2 atom stereocenters. The monoisotopic (exact) mass is 1130 g/mol. The van der Waals surface area contributed by atoms with Gasteiger partial charge in [-0.05, 0) is 51.4 Å². The van der Waals surface area contributed by atoms with Gasteiger partial charge in [-0.25, -0.2) is 0 Å². The summed E-state index contributed by atoms with van der Waals surface area (Å²) in [5.74, 6) is -0.0119. The van der Waals surface area contributed by atoms with Crippen LogP contribution in [0.15, 0.2) is 12.2 Å². The van der Waals surface area contributed by atoms with Gasteiger partial charge in [-0.2, -0.15) is 0 Å². The predicted octanol–water partition coefficient (Wildman–Crippen LogP) is 23.9. The van der Waals surface area contributed by atoms with Crippen molar-refractivity contribution in [3.8, 4) is 0 Å². The Kier molecular flexibility index (Phi) is 68.9. The van der Waals surface area contributed by atoms with E-state index in [2.05, 4.69) is 31.3 Å². The van der Waals surface area contributed by atoms with E-state index >= 15 is 0 Å². The Morgan fingerprint density at radius 1 is 0.338 bits per heavy atom.